The van der Waals surface area contributed by atoms with Crippen LogP contribution in [0.25, 0.3) is 10.6 Å². The summed E-state index contributed by atoms with van der Waals surface area (Å²) in [6.07, 6.45) is 1.89. The fourth-order valence-electron chi connectivity index (χ4n) is 3.25. The van der Waals surface area contributed by atoms with E-state index in [1.54, 1.807) is 6.20 Å². The molecule has 0 unspecified atom stereocenters. The quantitative estimate of drug-likeness (QED) is 0.624. The number of para-hydroxylation sites is 1. The minimum Gasteiger partial charge on any atom is -0.493 e. The average Bonchev–Trinajstić information content (AvgIpc) is 3.23. The van der Waals surface area contributed by atoms with Gasteiger partial charge in [-0.1, -0.05) is 12.1 Å². The summed E-state index contributed by atoms with van der Waals surface area (Å²) in [6.45, 7) is 5.64. The van der Waals surface area contributed by atoms with Crippen molar-refractivity contribution in [1.29, 1.82) is 0 Å². The Hall–Kier alpha value is -2.97. The molecule has 2 aromatic heterocycles. The average molecular weight is 425 g/mol. The van der Waals surface area contributed by atoms with Crippen LogP contribution in [0.5, 0.6) is 5.75 Å². The summed E-state index contributed by atoms with van der Waals surface area (Å²) in [5.74, 6) is 1.58. The van der Waals surface area contributed by atoms with Crippen LogP contribution in [0.15, 0.2) is 48.0 Å². The molecule has 1 saturated heterocycles. The van der Waals surface area contributed by atoms with Crippen LogP contribution in [0.4, 0.5) is 11.5 Å². The molecule has 0 bridgehead atoms. The summed E-state index contributed by atoms with van der Waals surface area (Å²) in [6, 6.07) is 11.6. The van der Waals surface area contributed by atoms with Gasteiger partial charge < -0.3 is 19.7 Å². The second-order valence-corrected chi connectivity index (χ2v) is 7.66. The van der Waals surface area contributed by atoms with Gasteiger partial charge in [0.2, 0.25) is 5.91 Å². The number of anilines is 2. The largest absolute Gasteiger partial charge is 0.493 e. The van der Waals surface area contributed by atoms with Crippen LogP contribution in [-0.4, -0.2) is 48.8 Å². The highest BCUT2D eigenvalue weighted by atomic mass is 32.1. The van der Waals surface area contributed by atoms with Crippen LogP contribution in [0.1, 0.15) is 12.6 Å². The number of nitrogens with zero attached hydrogens (tertiary/aromatic N) is 3. The Morgan fingerprint density at radius 1 is 1.23 bits per heavy atom. The normalized spacial score (nSPS) is 13.8. The number of hydrogen-bond donors (Lipinski definition) is 1. The first kappa shape index (κ1) is 20.3. The van der Waals surface area contributed by atoms with Crippen molar-refractivity contribution in [3.8, 4) is 16.3 Å². The number of hydrogen-bond acceptors (Lipinski definition) is 7. The van der Waals surface area contributed by atoms with Gasteiger partial charge in [-0.05, 0) is 31.2 Å². The summed E-state index contributed by atoms with van der Waals surface area (Å²) < 4.78 is 11.0. The third kappa shape index (κ3) is 4.95. The lowest BCUT2D eigenvalue weighted by molar-refractivity contribution is -0.115. The van der Waals surface area contributed by atoms with Gasteiger partial charge in [0.1, 0.15) is 16.6 Å². The summed E-state index contributed by atoms with van der Waals surface area (Å²) >= 11 is 1.51. The van der Waals surface area contributed by atoms with Gasteiger partial charge >= 0.3 is 0 Å². The molecule has 156 valence electrons. The molecule has 8 heteroatoms. The molecule has 1 fully saturated rings. The van der Waals surface area contributed by atoms with Crippen molar-refractivity contribution in [2.75, 3.05) is 43.1 Å². The Morgan fingerprint density at radius 3 is 2.83 bits per heavy atom. The first-order valence-corrected chi connectivity index (χ1v) is 10.9. The van der Waals surface area contributed by atoms with Crippen molar-refractivity contribution in [1.82, 2.24) is 9.97 Å². The van der Waals surface area contributed by atoms with Crippen LogP contribution >= 0.6 is 11.3 Å². The van der Waals surface area contributed by atoms with E-state index in [0.717, 1.165) is 40.9 Å². The molecule has 0 aliphatic carbocycles. The van der Waals surface area contributed by atoms with Crippen molar-refractivity contribution in [2.45, 2.75) is 13.3 Å². The van der Waals surface area contributed by atoms with Crippen LogP contribution in [0.3, 0.4) is 0 Å². The smallest absolute Gasteiger partial charge is 0.230 e. The molecule has 1 amide bonds. The highest BCUT2D eigenvalue weighted by molar-refractivity contribution is 7.13. The summed E-state index contributed by atoms with van der Waals surface area (Å²) in [5, 5.41) is 5.66. The number of thiazole rings is 1. The molecule has 0 spiro atoms. The Kier molecular flexibility index (Phi) is 6.56. The lowest BCUT2D eigenvalue weighted by atomic mass is 10.2. The SMILES string of the molecule is CCOc1ccccc1-c1nc(CC(=O)Nc2ccc(N3CCOCC3)nc2)cs1. The van der Waals surface area contributed by atoms with Gasteiger partial charge in [0.15, 0.2) is 0 Å². The molecule has 1 aliphatic heterocycles. The molecule has 30 heavy (non-hydrogen) atoms. The molecule has 0 atom stereocenters. The van der Waals surface area contributed by atoms with Crippen LogP contribution in [0, 0.1) is 0 Å². The van der Waals surface area contributed by atoms with Gasteiger partial charge in [-0.25, -0.2) is 9.97 Å². The Labute approximate surface area is 179 Å². The number of ether oxygens (including phenoxy) is 2. The predicted octanol–water partition coefficient (Wildman–Crippen LogP) is 3.62. The standard InChI is InChI=1S/C22H24N4O3S/c1-2-29-19-6-4-3-5-18(19)22-25-17(15-30-22)13-21(27)24-16-7-8-20(23-14-16)26-9-11-28-12-10-26/h3-8,14-15H,2,9-13H2,1H3,(H,24,27). The number of pyridine rings is 1. The topological polar surface area (TPSA) is 76.6 Å². The Morgan fingerprint density at radius 2 is 2.07 bits per heavy atom. The molecule has 1 aromatic carbocycles. The summed E-state index contributed by atoms with van der Waals surface area (Å²) in [4.78, 5) is 23.7. The molecule has 3 aromatic rings. The number of morpholine rings is 1. The Balaban J connectivity index is 1.37. The van der Waals surface area contributed by atoms with E-state index >= 15 is 0 Å². The fourth-order valence-corrected chi connectivity index (χ4v) is 4.10. The van der Waals surface area contributed by atoms with E-state index in [4.69, 9.17) is 9.47 Å². The second kappa shape index (κ2) is 9.69. The number of carbonyl (C=O) groups excluding carboxylic acids is 1. The molecule has 7 nitrogen and oxygen atoms in total. The number of aromatic nitrogens is 2. The number of rotatable bonds is 7. The van der Waals surface area contributed by atoms with E-state index in [9.17, 15) is 4.79 Å². The number of nitrogens with one attached hydrogen (secondary N) is 1. The highest BCUT2D eigenvalue weighted by Gasteiger charge is 2.14. The maximum Gasteiger partial charge on any atom is 0.230 e. The monoisotopic (exact) mass is 424 g/mol. The second-order valence-electron chi connectivity index (χ2n) is 6.80. The first-order chi connectivity index (χ1) is 14.7. The minimum absolute atomic E-state index is 0.120. The van der Waals surface area contributed by atoms with Crippen molar-refractivity contribution in [3.05, 3.63) is 53.7 Å². The van der Waals surface area contributed by atoms with Crippen molar-refractivity contribution in [2.24, 2.45) is 0 Å². The molecule has 1 aliphatic rings. The van der Waals surface area contributed by atoms with Gasteiger partial charge in [0.05, 0.1) is 49.4 Å². The van der Waals surface area contributed by atoms with Gasteiger partial charge in [-0.15, -0.1) is 11.3 Å². The molecular weight excluding hydrogens is 400 g/mol. The Bertz CT molecular complexity index is 984. The van der Waals surface area contributed by atoms with Crippen LogP contribution in [-0.2, 0) is 16.0 Å². The fraction of sp³-hybridized carbons (Fsp3) is 0.318. The van der Waals surface area contributed by atoms with Gasteiger partial charge in [-0.3, -0.25) is 4.79 Å². The van der Waals surface area contributed by atoms with Crippen molar-refractivity contribution >= 4 is 28.7 Å². The number of benzene rings is 1. The third-order valence-corrected chi connectivity index (χ3v) is 5.60. The predicted molar refractivity (Wildman–Crippen MR) is 118 cm³/mol. The van der Waals surface area contributed by atoms with E-state index in [2.05, 4.69) is 20.2 Å². The number of amides is 1. The van der Waals surface area contributed by atoms with E-state index in [-0.39, 0.29) is 12.3 Å². The molecule has 1 N–H and O–H groups in total. The minimum atomic E-state index is -0.120. The number of carbonyl (C=O) groups is 1. The lowest BCUT2D eigenvalue weighted by Crippen LogP contribution is -2.36. The zero-order valence-corrected chi connectivity index (χ0v) is 17.7. The summed E-state index contributed by atoms with van der Waals surface area (Å²) in [5.41, 5.74) is 2.35. The van der Waals surface area contributed by atoms with E-state index < -0.39 is 0 Å². The maximum atomic E-state index is 12.5. The third-order valence-electron chi connectivity index (χ3n) is 4.68. The maximum absolute atomic E-state index is 12.5. The van der Waals surface area contributed by atoms with Gasteiger partial charge in [-0.2, -0.15) is 0 Å². The zero-order valence-electron chi connectivity index (χ0n) is 16.8. The van der Waals surface area contributed by atoms with E-state index in [0.29, 0.717) is 25.5 Å². The zero-order chi connectivity index (χ0) is 20.8. The van der Waals surface area contributed by atoms with Crippen LogP contribution in [0.2, 0.25) is 0 Å². The van der Waals surface area contributed by atoms with Gasteiger partial charge in [0.25, 0.3) is 0 Å². The van der Waals surface area contributed by atoms with Crippen molar-refractivity contribution in [3.63, 3.8) is 0 Å². The highest BCUT2D eigenvalue weighted by Crippen LogP contribution is 2.32. The molecule has 0 radical (unpaired) electrons. The first-order valence-electron chi connectivity index (χ1n) is 9.98. The molecule has 4 rings (SSSR count). The molecular formula is C22H24N4O3S. The molecule has 0 saturated carbocycles. The van der Waals surface area contributed by atoms with Crippen molar-refractivity contribution < 1.29 is 14.3 Å². The lowest BCUT2D eigenvalue weighted by Gasteiger charge is -2.27. The van der Waals surface area contributed by atoms with Gasteiger partial charge in [0, 0.05) is 18.5 Å². The van der Waals surface area contributed by atoms with E-state index in [1.165, 1.54) is 11.3 Å². The van der Waals surface area contributed by atoms with Crippen LogP contribution < -0.4 is 15.0 Å². The van der Waals surface area contributed by atoms with E-state index in [1.807, 2.05) is 48.7 Å². The molecule has 3 heterocycles. The summed E-state index contributed by atoms with van der Waals surface area (Å²) in [7, 11) is 0.